The lowest BCUT2D eigenvalue weighted by Gasteiger charge is -2.04. The monoisotopic (exact) mass is 143 g/mol. The van der Waals surface area contributed by atoms with Crippen LogP contribution in [0.25, 0.3) is 0 Å². The van der Waals surface area contributed by atoms with Crippen LogP contribution in [0.3, 0.4) is 0 Å². The highest BCUT2D eigenvalue weighted by Crippen LogP contribution is 1.87. The van der Waals surface area contributed by atoms with E-state index in [1.165, 1.54) is 6.08 Å². The fraction of sp³-hybridized carbons (Fsp3) is 0.333. The number of aldehydes is 1. The van der Waals surface area contributed by atoms with Crippen LogP contribution in [-0.2, 0) is 4.79 Å². The van der Waals surface area contributed by atoms with E-state index in [2.05, 4.69) is 6.58 Å². The SMILES string of the molecule is C=CCC(C=O)NC(=O)O. The Morgan fingerprint density at radius 3 is 2.70 bits per heavy atom. The van der Waals surface area contributed by atoms with Crippen molar-refractivity contribution in [2.45, 2.75) is 12.5 Å². The summed E-state index contributed by atoms with van der Waals surface area (Å²) in [5.41, 5.74) is 0. The summed E-state index contributed by atoms with van der Waals surface area (Å²) in [6, 6.07) is -0.657. The minimum Gasteiger partial charge on any atom is -0.465 e. The number of hydrogen-bond acceptors (Lipinski definition) is 2. The second-order valence-corrected chi connectivity index (χ2v) is 1.72. The lowest BCUT2D eigenvalue weighted by atomic mass is 10.2. The highest BCUT2D eigenvalue weighted by atomic mass is 16.4. The van der Waals surface area contributed by atoms with E-state index in [4.69, 9.17) is 5.11 Å². The molecule has 0 rings (SSSR count). The summed E-state index contributed by atoms with van der Waals surface area (Å²) in [4.78, 5) is 20.0. The van der Waals surface area contributed by atoms with Crippen LogP contribution in [0.4, 0.5) is 4.79 Å². The summed E-state index contributed by atoms with van der Waals surface area (Å²) in [5, 5.41) is 10.1. The smallest absolute Gasteiger partial charge is 0.405 e. The Morgan fingerprint density at radius 1 is 1.80 bits per heavy atom. The Balaban J connectivity index is 3.70. The number of hydrogen-bond donors (Lipinski definition) is 2. The Hall–Kier alpha value is -1.32. The number of rotatable bonds is 4. The molecule has 0 saturated carbocycles. The fourth-order valence-electron chi connectivity index (χ4n) is 0.487. The summed E-state index contributed by atoms with van der Waals surface area (Å²) < 4.78 is 0. The van der Waals surface area contributed by atoms with Crippen molar-refractivity contribution < 1.29 is 14.7 Å². The van der Waals surface area contributed by atoms with Gasteiger partial charge in [-0.25, -0.2) is 4.79 Å². The predicted molar refractivity (Wildman–Crippen MR) is 35.8 cm³/mol. The van der Waals surface area contributed by atoms with Crippen LogP contribution in [0.15, 0.2) is 12.7 Å². The van der Waals surface area contributed by atoms with E-state index in [0.717, 1.165) is 0 Å². The average Bonchev–Trinajstić information content (AvgIpc) is 1.86. The van der Waals surface area contributed by atoms with Crippen molar-refractivity contribution in [2.75, 3.05) is 0 Å². The van der Waals surface area contributed by atoms with Crippen molar-refractivity contribution >= 4 is 12.4 Å². The van der Waals surface area contributed by atoms with Crippen molar-refractivity contribution in [2.24, 2.45) is 0 Å². The fourth-order valence-corrected chi connectivity index (χ4v) is 0.487. The van der Waals surface area contributed by atoms with Crippen LogP contribution < -0.4 is 5.32 Å². The van der Waals surface area contributed by atoms with Crippen LogP contribution in [0.5, 0.6) is 0 Å². The molecule has 1 atom stereocenters. The standard InChI is InChI=1S/C6H9NO3/c1-2-3-5(4-8)7-6(9)10/h2,4-5,7H,1,3H2,(H,9,10). The van der Waals surface area contributed by atoms with Crippen LogP contribution >= 0.6 is 0 Å². The lowest BCUT2D eigenvalue weighted by molar-refractivity contribution is -0.109. The van der Waals surface area contributed by atoms with Crippen LogP contribution in [0, 0.1) is 0 Å². The van der Waals surface area contributed by atoms with Crippen LogP contribution in [0.1, 0.15) is 6.42 Å². The minimum absolute atomic E-state index is 0.329. The highest BCUT2D eigenvalue weighted by Gasteiger charge is 2.06. The molecule has 0 spiro atoms. The quantitative estimate of drug-likeness (QED) is 0.442. The molecule has 0 aromatic rings. The van der Waals surface area contributed by atoms with Gasteiger partial charge in [0.1, 0.15) is 6.29 Å². The first kappa shape index (κ1) is 8.68. The van der Waals surface area contributed by atoms with Gasteiger partial charge in [-0.1, -0.05) is 6.08 Å². The summed E-state index contributed by atoms with van der Waals surface area (Å²) in [5.74, 6) is 0. The van der Waals surface area contributed by atoms with Crippen molar-refractivity contribution in [3.05, 3.63) is 12.7 Å². The number of carbonyl (C=O) groups excluding carboxylic acids is 1. The largest absolute Gasteiger partial charge is 0.465 e. The number of amides is 1. The van der Waals surface area contributed by atoms with Crippen molar-refractivity contribution in [3.8, 4) is 0 Å². The molecule has 0 heterocycles. The summed E-state index contributed by atoms with van der Waals surface area (Å²) in [7, 11) is 0. The second kappa shape index (κ2) is 4.55. The summed E-state index contributed by atoms with van der Waals surface area (Å²) >= 11 is 0. The van der Waals surface area contributed by atoms with E-state index in [1.54, 1.807) is 0 Å². The van der Waals surface area contributed by atoms with E-state index in [0.29, 0.717) is 12.7 Å². The molecule has 4 heteroatoms. The topological polar surface area (TPSA) is 66.4 Å². The maximum absolute atomic E-state index is 10.1. The molecule has 56 valence electrons. The van der Waals surface area contributed by atoms with Gasteiger partial charge in [0, 0.05) is 0 Å². The van der Waals surface area contributed by atoms with Gasteiger partial charge in [0.2, 0.25) is 0 Å². The number of nitrogens with one attached hydrogen (secondary N) is 1. The Bertz CT molecular complexity index is 144. The van der Waals surface area contributed by atoms with Gasteiger partial charge >= 0.3 is 6.09 Å². The van der Waals surface area contributed by atoms with E-state index >= 15 is 0 Å². The zero-order valence-electron chi connectivity index (χ0n) is 5.41. The first-order valence-electron chi connectivity index (χ1n) is 2.76. The van der Waals surface area contributed by atoms with Gasteiger partial charge in [-0.3, -0.25) is 0 Å². The molecule has 0 fully saturated rings. The van der Waals surface area contributed by atoms with Gasteiger partial charge in [0.25, 0.3) is 0 Å². The predicted octanol–water partition coefficient (Wildman–Crippen LogP) is 0.398. The molecule has 0 radical (unpaired) electrons. The first-order valence-corrected chi connectivity index (χ1v) is 2.76. The number of carboxylic acid groups (broad SMARTS) is 1. The highest BCUT2D eigenvalue weighted by molar-refractivity contribution is 5.71. The second-order valence-electron chi connectivity index (χ2n) is 1.72. The van der Waals surface area contributed by atoms with E-state index in [-0.39, 0.29) is 0 Å². The van der Waals surface area contributed by atoms with Gasteiger partial charge in [0.05, 0.1) is 6.04 Å². The lowest BCUT2D eigenvalue weighted by Crippen LogP contribution is -2.34. The molecule has 2 N–H and O–H groups in total. The molecule has 0 aromatic carbocycles. The van der Waals surface area contributed by atoms with E-state index < -0.39 is 12.1 Å². The average molecular weight is 143 g/mol. The third-order valence-corrected chi connectivity index (χ3v) is 0.894. The Kier molecular flexibility index (Phi) is 3.95. The number of carbonyl (C=O) groups is 2. The van der Waals surface area contributed by atoms with E-state index in [9.17, 15) is 9.59 Å². The van der Waals surface area contributed by atoms with Gasteiger partial charge < -0.3 is 15.2 Å². The van der Waals surface area contributed by atoms with Crippen LogP contribution in [0.2, 0.25) is 0 Å². The maximum atomic E-state index is 10.1. The third-order valence-electron chi connectivity index (χ3n) is 0.894. The van der Waals surface area contributed by atoms with Crippen molar-refractivity contribution in [1.29, 1.82) is 0 Å². The molecule has 0 aliphatic carbocycles. The zero-order valence-corrected chi connectivity index (χ0v) is 5.41. The zero-order chi connectivity index (χ0) is 7.98. The van der Waals surface area contributed by atoms with Crippen molar-refractivity contribution in [3.63, 3.8) is 0 Å². The third kappa shape index (κ3) is 3.65. The normalized spacial score (nSPS) is 11.6. The van der Waals surface area contributed by atoms with E-state index in [1.807, 2.05) is 5.32 Å². The molecule has 0 aliphatic rings. The first-order chi connectivity index (χ1) is 4.70. The van der Waals surface area contributed by atoms with Gasteiger partial charge in [-0.2, -0.15) is 0 Å². The molecule has 0 saturated heterocycles. The molecule has 0 aromatic heterocycles. The van der Waals surface area contributed by atoms with Crippen molar-refractivity contribution in [1.82, 2.24) is 5.32 Å². The minimum atomic E-state index is -1.20. The Morgan fingerprint density at radius 2 is 2.40 bits per heavy atom. The Labute approximate surface area is 58.5 Å². The van der Waals surface area contributed by atoms with Gasteiger partial charge in [0.15, 0.2) is 0 Å². The molecule has 0 bridgehead atoms. The molecule has 4 nitrogen and oxygen atoms in total. The van der Waals surface area contributed by atoms with Gasteiger partial charge in [-0.15, -0.1) is 6.58 Å². The molecule has 1 unspecified atom stereocenters. The van der Waals surface area contributed by atoms with Crippen LogP contribution in [-0.4, -0.2) is 23.5 Å². The molecule has 1 amide bonds. The van der Waals surface area contributed by atoms with Gasteiger partial charge in [-0.05, 0) is 6.42 Å². The molecule has 10 heavy (non-hydrogen) atoms. The molecular weight excluding hydrogens is 134 g/mol. The molecule has 0 aliphatic heterocycles. The summed E-state index contributed by atoms with van der Waals surface area (Å²) in [6.45, 7) is 3.36. The molecular formula is C6H9NO3. The summed E-state index contributed by atoms with van der Waals surface area (Å²) in [6.07, 6.45) is 1.15. The maximum Gasteiger partial charge on any atom is 0.405 e.